The Morgan fingerprint density at radius 2 is 2.36 bits per heavy atom. The Kier molecular flexibility index (Phi) is 3.34. The van der Waals surface area contributed by atoms with Gasteiger partial charge in [0.2, 0.25) is 5.70 Å². The van der Waals surface area contributed by atoms with Gasteiger partial charge in [0.1, 0.15) is 0 Å². The Morgan fingerprint density at radius 3 is 2.79 bits per heavy atom. The molecule has 1 aromatic heterocycles. The van der Waals surface area contributed by atoms with Crippen LogP contribution in [0.1, 0.15) is 24.6 Å². The lowest BCUT2D eigenvalue weighted by atomic mass is 10.2. The number of rotatable bonds is 3. The highest BCUT2D eigenvalue weighted by atomic mass is 16.6. The number of nitro groups is 1. The number of pyridine rings is 1. The van der Waals surface area contributed by atoms with Crippen LogP contribution in [-0.4, -0.2) is 9.91 Å². The summed E-state index contributed by atoms with van der Waals surface area (Å²) in [5.41, 5.74) is 1.88. The topological polar surface area (TPSA) is 56.0 Å². The SMILES string of the molecule is CC/C(=C/c1ccc(C)nc1)[N+](=O)[O-]. The van der Waals surface area contributed by atoms with E-state index in [0.29, 0.717) is 6.42 Å². The van der Waals surface area contributed by atoms with Crippen molar-refractivity contribution in [2.24, 2.45) is 0 Å². The van der Waals surface area contributed by atoms with Gasteiger partial charge in [0, 0.05) is 24.4 Å². The number of hydrogen-bond donors (Lipinski definition) is 0. The zero-order valence-electron chi connectivity index (χ0n) is 8.23. The maximum absolute atomic E-state index is 10.5. The monoisotopic (exact) mass is 192 g/mol. The van der Waals surface area contributed by atoms with Gasteiger partial charge in [-0.05, 0) is 18.6 Å². The highest BCUT2D eigenvalue weighted by Gasteiger charge is 2.06. The van der Waals surface area contributed by atoms with Crippen LogP contribution in [0.3, 0.4) is 0 Å². The first-order valence-corrected chi connectivity index (χ1v) is 4.41. The summed E-state index contributed by atoms with van der Waals surface area (Å²) < 4.78 is 0. The van der Waals surface area contributed by atoms with Gasteiger partial charge < -0.3 is 0 Å². The molecule has 1 rings (SSSR count). The third-order valence-corrected chi connectivity index (χ3v) is 1.86. The third-order valence-electron chi connectivity index (χ3n) is 1.86. The molecule has 0 atom stereocenters. The van der Waals surface area contributed by atoms with Crippen LogP contribution in [0.2, 0.25) is 0 Å². The fraction of sp³-hybridized carbons (Fsp3) is 0.300. The molecule has 0 spiro atoms. The van der Waals surface area contributed by atoms with Crippen molar-refractivity contribution in [2.75, 3.05) is 0 Å². The second-order valence-electron chi connectivity index (χ2n) is 2.98. The zero-order chi connectivity index (χ0) is 10.6. The van der Waals surface area contributed by atoms with Crippen molar-refractivity contribution in [2.45, 2.75) is 20.3 Å². The quantitative estimate of drug-likeness (QED) is 0.545. The molecule has 1 heterocycles. The average Bonchev–Trinajstić information content (AvgIpc) is 2.16. The second kappa shape index (κ2) is 4.50. The molecular weight excluding hydrogens is 180 g/mol. The Hall–Kier alpha value is -1.71. The van der Waals surface area contributed by atoms with E-state index in [9.17, 15) is 10.1 Å². The smallest absolute Gasteiger partial charge is 0.246 e. The van der Waals surface area contributed by atoms with E-state index in [2.05, 4.69) is 4.98 Å². The van der Waals surface area contributed by atoms with E-state index in [1.54, 1.807) is 19.2 Å². The molecule has 0 fully saturated rings. The third kappa shape index (κ3) is 2.65. The summed E-state index contributed by atoms with van der Waals surface area (Å²) in [5, 5.41) is 10.5. The van der Waals surface area contributed by atoms with Gasteiger partial charge in [0.05, 0.1) is 4.92 Å². The van der Waals surface area contributed by atoms with Crippen molar-refractivity contribution in [3.63, 3.8) is 0 Å². The van der Waals surface area contributed by atoms with Gasteiger partial charge in [-0.15, -0.1) is 0 Å². The Balaban J connectivity index is 2.95. The van der Waals surface area contributed by atoms with E-state index in [1.165, 1.54) is 0 Å². The molecule has 1 aromatic rings. The molecule has 4 nitrogen and oxygen atoms in total. The van der Waals surface area contributed by atoms with Crippen molar-refractivity contribution in [1.82, 2.24) is 4.98 Å². The number of aromatic nitrogens is 1. The van der Waals surface area contributed by atoms with Crippen LogP contribution in [0.15, 0.2) is 24.0 Å². The van der Waals surface area contributed by atoms with Gasteiger partial charge in [-0.1, -0.05) is 13.0 Å². The minimum absolute atomic E-state index is 0.204. The van der Waals surface area contributed by atoms with E-state index >= 15 is 0 Å². The molecule has 0 saturated carbocycles. The van der Waals surface area contributed by atoms with Crippen LogP contribution in [-0.2, 0) is 0 Å². The van der Waals surface area contributed by atoms with E-state index in [4.69, 9.17) is 0 Å². The van der Waals surface area contributed by atoms with Crippen molar-refractivity contribution < 1.29 is 4.92 Å². The predicted octanol–water partition coefficient (Wildman–Crippen LogP) is 2.42. The fourth-order valence-corrected chi connectivity index (χ4v) is 1.04. The van der Waals surface area contributed by atoms with Crippen LogP contribution < -0.4 is 0 Å². The first kappa shape index (κ1) is 10.4. The van der Waals surface area contributed by atoms with Crippen molar-refractivity contribution in [3.8, 4) is 0 Å². The second-order valence-corrected chi connectivity index (χ2v) is 2.98. The molecule has 0 bridgehead atoms. The minimum atomic E-state index is -0.361. The minimum Gasteiger partial charge on any atom is -0.261 e. The van der Waals surface area contributed by atoms with Crippen LogP contribution in [0.25, 0.3) is 6.08 Å². The summed E-state index contributed by atoms with van der Waals surface area (Å²) >= 11 is 0. The lowest BCUT2D eigenvalue weighted by Crippen LogP contribution is -1.96. The summed E-state index contributed by atoms with van der Waals surface area (Å²) in [6, 6.07) is 3.65. The van der Waals surface area contributed by atoms with Crippen LogP contribution in [0, 0.1) is 17.0 Å². The molecule has 0 aliphatic carbocycles. The number of allylic oxidation sites excluding steroid dienone is 1. The molecule has 0 amide bonds. The van der Waals surface area contributed by atoms with Gasteiger partial charge >= 0.3 is 0 Å². The predicted molar refractivity (Wildman–Crippen MR) is 54.2 cm³/mol. The summed E-state index contributed by atoms with van der Waals surface area (Å²) in [5.74, 6) is 0. The lowest BCUT2D eigenvalue weighted by molar-refractivity contribution is -0.425. The highest BCUT2D eigenvalue weighted by Crippen LogP contribution is 2.09. The van der Waals surface area contributed by atoms with Gasteiger partial charge in [0.15, 0.2) is 0 Å². The number of aryl methyl sites for hydroxylation is 1. The van der Waals surface area contributed by atoms with E-state index in [1.807, 2.05) is 19.1 Å². The van der Waals surface area contributed by atoms with Gasteiger partial charge in [-0.25, -0.2) is 0 Å². The molecule has 0 unspecified atom stereocenters. The van der Waals surface area contributed by atoms with E-state index in [-0.39, 0.29) is 10.6 Å². The number of nitrogens with zero attached hydrogens (tertiary/aromatic N) is 2. The molecule has 0 N–H and O–H groups in total. The maximum atomic E-state index is 10.5. The van der Waals surface area contributed by atoms with E-state index < -0.39 is 0 Å². The number of hydrogen-bond acceptors (Lipinski definition) is 3. The molecular formula is C10H12N2O2. The van der Waals surface area contributed by atoms with Gasteiger partial charge in [0.25, 0.3) is 0 Å². The maximum Gasteiger partial charge on any atom is 0.246 e. The lowest BCUT2D eigenvalue weighted by Gasteiger charge is -1.95. The van der Waals surface area contributed by atoms with Gasteiger partial charge in [-0.3, -0.25) is 15.1 Å². The van der Waals surface area contributed by atoms with E-state index in [0.717, 1.165) is 11.3 Å². The van der Waals surface area contributed by atoms with Crippen molar-refractivity contribution in [1.29, 1.82) is 0 Å². The Morgan fingerprint density at radius 1 is 1.64 bits per heavy atom. The molecule has 4 heteroatoms. The van der Waals surface area contributed by atoms with Crippen LogP contribution in [0.5, 0.6) is 0 Å². The molecule has 0 radical (unpaired) electrons. The largest absolute Gasteiger partial charge is 0.261 e. The summed E-state index contributed by atoms with van der Waals surface area (Å²) in [6.07, 6.45) is 3.60. The first-order chi connectivity index (χ1) is 6.63. The Bertz CT molecular complexity index is 355. The average molecular weight is 192 g/mol. The summed E-state index contributed by atoms with van der Waals surface area (Å²) in [7, 11) is 0. The Labute approximate surface area is 82.4 Å². The normalized spacial score (nSPS) is 11.4. The fourth-order valence-electron chi connectivity index (χ4n) is 1.04. The zero-order valence-corrected chi connectivity index (χ0v) is 8.23. The molecule has 0 saturated heterocycles. The molecule has 0 aliphatic rings. The molecule has 74 valence electrons. The van der Waals surface area contributed by atoms with Gasteiger partial charge in [-0.2, -0.15) is 0 Å². The molecule has 0 aromatic carbocycles. The van der Waals surface area contributed by atoms with Crippen LogP contribution in [0.4, 0.5) is 0 Å². The highest BCUT2D eigenvalue weighted by molar-refractivity contribution is 5.49. The molecule has 14 heavy (non-hydrogen) atoms. The van der Waals surface area contributed by atoms with Crippen molar-refractivity contribution in [3.05, 3.63) is 45.4 Å². The standard InChI is InChI=1S/C10H12N2O2/c1-3-10(12(13)14)6-9-5-4-8(2)11-7-9/h4-7H,3H2,1-2H3/b10-6-. The van der Waals surface area contributed by atoms with Crippen LogP contribution >= 0.6 is 0 Å². The first-order valence-electron chi connectivity index (χ1n) is 4.41. The summed E-state index contributed by atoms with van der Waals surface area (Å²) in [6.45, 7) is 3.64. The molecule has 0 aliphatic heterocycles. The summed E-state index contributed by atoms with van der Waals surface area (Å²) in [4.78, 5) is 14.2. The van der Waals surface area contributed by atoms with Crippen molar-refractivity contribution >= 4 is 6.08 Å².